The maximum Gasteiger partial charge on any atom is 0.243 e. The maximum absolute atomic E-state index is 11.2. The largest absolute Gasteiger partial charge is 0.273 e. The van der Waals surface area contributed by atoms with Gasteiger partial charge in [0.2, 0.25) is 5.91 Å². The summed E-state index contributed by atoms with van der Waals surface area (Å²) in [5, 5.41) is 3.25. The molecule has 5 heteroatoms. The minimum atomic E-state index is 0.0961. The van der Waals surface area contributed by atoms with Crippen LogP contribution in [0.4, 0.5) is 0 Å². The average molecular weight is 190 g/mol. The molecule has 0 radical (unpaired) electrons. The number of thiocarbonyl (C=S) groups is 1. The zero-order chi connectivity index (χ0) is 8.43. The topological polar surface area (TPSA) is 23.6 Å². The zero-order valence-electron chi connectivity index (χ0n) is 6.53. The summed E-state index contributed by atoms with van der Waals surface area (Å²) < 4.78 is 0.659. The van der Waals surface area contributed by atoms with Gasteiger partial charge in [-0.1, -0.05) is 24.0 Å². The molecule has 0 aliphatic carbocycles. The quantitative estimate of drug-likeness (QED) is 0.568. The van der Waals surface area contributed by atoms with Crippen molar-refractivity contribution >= 4 is 34.2 Å². The molecule has 1 amide bonds. The van der Waals surface area contributed by atoms with Gasteiger partial charge in [-0.2, -0.15) is 0 Å². The third kappa shape index (κ3) is 1.91. The highest BCUT2D eigenvalue weighted by molar-refractivity contribution is 8.23. The smallest absolute Gasteiger partial charge is 0.243 e. The summed E-state index contributed by atoms with van der Waals surface area (Å²) in [7, 11) is 3.63. The monoisotopic (exact) mass is 190 g/mol. The van der Waals surface area contributed by atoms with Gasteiger partial charge in [0.15, 0.2) is 4.32 Å². The number of carbonyl (C=O) groups is 1. The van der Waals surface area contributed by atoms with E-state index in [4.69, 9.17) is 12.2 Å². The molecule has 62 valence electrons. The Morgan fingerprint density at radius 1 is 1.64 bits per heavy atom. The molecule has 1 saturated heterocycles. The minimum absolute atomic E-state index is 0.0961. The van der Waals surface area contributed by atoms with Crippen molar-refractivity contribution in [1.29, 1.82) is 0 Å². The van der Waals surface area contributed by atoms with E-state index in [1.54, 1.807) is 16.8 Å². The normalized spacial score (nSPS) is 19.7. The minimum Gasteiger partial charge on any atom is -0.273 e. The van der Waals surface area contributed by atoms with Gasteiger partial charge < -0.3 is 0 Å². The van der Waals surface area contributed by atoms with Gasteiger partial charge >= 0.3 is 0 Å². The second kappa shape index (κ2) is 3.51. The van der Waals surface area contributed by atoms with Crippen molar-refractivity contribution < 1.29 is 4.79 Å². The van der Waals surface area contributed by atoms with Gasteiger partial charge in [-0.3, -0.25) is 4.79 Å². The molecule has 1 heterocycles. The van der Waals surface area contributed by atoms with Crippen LogP contribution < -0.4 is 0 Å². The van der Waals surface area contributed by atoms with Crippen LogP contribution in [-0.2, 0) is 4.79 Å². The summed E-state index contributed by atoms with van der Waals surface area (Å²) in [6, 6.07) is 0. The van der Waals surface area contributed by atoms with Crippen LogP contribution in [0.5, 0.6) is 0 Å². The average Bonchev–Trinajstić information content (AvgIpc) is 1.85. The Balaban J connectivity index is 2.71. The lowest BCUT2D eigenvalue weighted by molar-refractivity contribution is -0.135. The van der Waals surface area contributed by atoms with Crippen molar-refractivity contribution in [2.75, 3.05) is 19.8 Å². The van der Waals surface area contributed by atoms with E-state index in [1.807, 2.05) is 14.1 Å². The number of hydrogen-bond donors (Lipinski definition) is 0. The molecular weight excluding hydrogens is 180 g/mol. The molecular formula is C6H10N2OS2. The number of amides is 1. The Labute approximate surface area is 75.7 Å². The van der Waals surface area contributed by atoms with E-state index in [9.17, 15) is 4.79 Å². The molecule has 0 saturated carbocycles. The molecule has 0 aromatic carbocycles. The first-order valence-electron chi connectivity index (χ1n) is 3.30. The summed E-state index contributed by atoms with van der Waals surface area (Å²) in [4.78, 5) is 11.2. The molecule has 0 N–H and O–H groups in total. The maximum atomic E-state index is 11.2. The second-order valence-corrected chi connectivity index (χ2v) is 4.15. The number of thioether (sulfide) groups is 1. The van der Waals surface area contributed by atoms with Crippen LogP contribution in [0.2, 0.25) is 0 Å². The van der Waals surface area contributed by atoms with Gasteiger partial charge in [-0.15, -0.1) is 0 Å². The molecule has 1 fully saturated rings. The molecule has 0 aromatic heterocycles. The van der Waals surface area contributed by atoms with E-state index in [-0.39, 0.29) is 5.91 Å². The highest BCUT2D eigenvalue weighted by Gasteiger charge is 2.24. The third-order valence-corrected chi connectivity index (χ3v) is 2.71. The fraction of sp³-hybridized carbons (Fsp3) is 0.667. The summed E-state index contributed by atoms with van der Waals surface area (Å²) in [6.07, 6.45) is 0.586. The van der Waals surface area contributed by atoms with Crippen molar-refractivity contribution in [3.8, 4) is 0 Å². The van der Waals surface area contributed by atoms with Gasteiger partial charge in [0, 0.05) is 26.3 Å². The Morgan fingerprint density at radius 2 is 2.27 bits per heavy atom. The van der Waals surface area contributed by atoms with Crippen molar-refractivity contribution in [3.63, 3.8) is 0 Å². The lowest BCUT2D eigenvalue weighted by Gasteiger charge is -2.31. The molecule has 1 aliphatic heterocycles. The summed E-state index contributed by atoms with van der Waals surface area (Å²) >= 11 is 6.56. The van der Waals surface area contributed by atoms with Crippen molar-refractivity contribution in [2.45, 2.75) is 6.42 Å². The van der Waals surface area contributed by atoms with Crippen LogP contribution in [0.3, 0.4) is 0 Å². The molecule has 3 nitrogen and oxygen atoms in total. The highest BCUT2D eigenvalue weighted by atomic mass is 32.2. The van der Waals surface area contributed by atoms with Gasteiger partial charge in [0.05, 0.1) is 0 Å². The van der Waals surface area contributed by atoms with E-state index in [0.717, 1.165) is 5.75 Å². The van der Waals surface area contributed by atoms with Crippen molar-refractivity contribution in [3.05, 3.63) is 0 Å². The van der Waals surface area contributed by atoms with Gasteiger partial charge in [-0.25, -0.2) is 10.0 Å². The number of carbonyl (C=O) groups excluding carboxylic acids is 1. The van der Waals surface area contributed by atoms with Gasteiger partial charge in [0.25, 0.3) is 0 Å². The van der Waals surface area contributed by atoms with Gasteiger partial charge in [0.1, 0.15) is 0 Å². The lowest BCUT2D eigenvalue weighted by Crippen LogP contribution is -2.46. The molecule has 1 aliphatic rings. The highest BCUT2D eigenvalue weighted by Crippen LogP contribution is 2.18. The van der Waals surface area contributed by atoms with Gasteiger partial charge in [-0.05, 0) is 0 Å². The van der Waals surface area contributed by atoms with Crippen LogP contribution in [-0.4, -0.2) is 40.1 Å². The zero-order valence-corrected chi connectivity index (χ0v) is 8.17. The number of rotatable bonds is 1. The predicted molar refractivity (Wildman–Crippen MR) is 50.2 cm³/mol. The number of hydrazine groups is 1. The van der Waals surface area contributed by atoms with E-state index < -0.39 is 0 Å². The standard InChI is InChI=1S/C6H10N2OS2/c1-7(2)8-5(9)3-4-11-6(8)10/h3-4H2,1-2H3. The van der Waals surface area contributed by atoms with Crippen molar-refractivity contribution in [2.24, 2.45) is 0 Å². The Kier molecular flexibility index (Phi) is 2.86. The van der Waals surface area contributed by atoms with Crippen LogP contribution in [0.1, 0.15) is 6.42 Å². The molecule has 0 unspecified atom stereocenters. The molecule has 1 rings (SSSR count). The third-order valence-electron chi connectivity index (χ3n) is 1.35. The Morgan fingerprint density at radius 3 is 2.64 bits per heavy atom. The van der Waals surface area contributed by atoms with E-state index in [1.165, 1.54) is 5.01 Å². The van der Waals surface area contributed by atoms with Crippen LogP contribution in [0.15, 0.2) is 0 Å². The van der Waals surface area contributed by atoms with Crippen molar-refractivity contribution in [1.82, 2.24) is 10.0 Å². The molecule has 0 atom stereocenters. The lowest BCUT2D eigenvalue weighted by atomic mass is 10.4. The first kappa shape index (κ1) is 8.96. The molecule has 0 bridgehead atoms. The summed E-state index contributed by atoms with van der Waals surface area (Å²) in [6.45, 7) is 0. The summed E-state index contributed by atoms with van der Waals surface area (Å²) in [5.74, 6) is 0.918. The molecule has 0 spiro atoms. The first-order valence-corrected chi connectivity index (χ1v) is 4.69. The van der Waals surface area contributed by atoms with Crippen LogP contribution in [0.25, 0.3) is 0 Å². The summed E-state index contributed by atoms with van der Waals surface area (Å²) in [5.41, 5.74) is 0. The number of hydrogen-bond acceptors (Lipinski definition) is 4. The Hall–Kier alpha value is -0.130. The van der Waals surface area contributed by atoms with E-state index >= 15 is 0 Å². The predicted octanol–water partition coefficient (Wildman–Crippen LogP) is 0.713. The SMILES string of the molecule is CN(C)N1C(=O)CCSC1=S. The first-order chi connectivity index (χ1) is 5.13. The van der Waals surface area contributed by atoms with Crippen LogP contribution in [0, 0.1) is 0 Å². The van der Waals surface area contributed by atoms with E-state index in [0.29, 0.717) is 10.7 Å². The van der Waals surface area contributed by atoms with Crippen LogP contribution >= 0.6 is 24.0 Å². The Bertz CT molecular complexity index is 177. The second-order valence-electron chi connectivity index (χ2n) is 2.42. The number of nitrogens with zero attached hydrogens (tertiary/aromatic N) is 2. The molecule has 11 heavy (non-hydrogen) atoms. The van der Waals surface area contributed by atoms with E-state index in [2.05, 4.69) is 0 Å². The fourth-order valence-electron chi connectivity index (χ4n) is 0.881. The fourth-order valence-corrected chi connectivity index (χ4v) is 2.23. The molecule has 0 aromatic rings.